The van der Waals surface area contributed by atoms with Crippen molar-refractivity contribution in [3.8, 4) is 11.5 Å². The first-order valence-electron chi connectivity index (χ1n) is 12.7. The molecule has 1 atom stereocenters. The van der Waals surface area contributed by atoms with Gasteiger partial charge in [-0.2, -0.15) is 0 Å². The van der Waals surface area contributed by atoms with E-state index >= 15 is 0 Å². The molecular weight excluding hydrogens is 548 g/mol. The fraction of sp³-hybridized carbons (Fsp3) is 0.194. The molecule has 9 heteroatoms. The molecular formula is C31H27ClN2O5S. The fourth-order valence-corrected chi connectivity index (χ4v) is 5.62. The lowest BCUT2D eigenvalue weighted by atomic mass is 9.96. The van der Waals surface area contributed by atoms with E-state index in [4.69, 9.17) is 25.8 Å². The number of thiazole rings is 1. The predicted molar refractivity (Wildman–Crippen MR) is 156 cm³/mol. The number of carbonyl (C=O) groups is 1. The number of halogens is 1. The minimum absolute atomic E-state index is 0.217. The van der Waals surface area contributed by atoms with Crippen LogP contribution in [0, 0.1) is 0 Å². The Bertz CT molecular complexity index is 1740. The van der Waals surface area contributed by atoms with E-state index in [0.717, 1.165) is 16.7 Å². The number of benzene rings is 3. The van der Waals surface area contributed by atoms with E-state index in [9.17, 15) is 9.59 Å². The van der Waals surface area contributed by atoms with Crippen molar-refractivity contribution in [3.63, 3.8) is 0 Å². The van der Waals surface area contributed by atoms with Crippen LogP contribution < -0.4 is 24.4 Å². The maximum Gasteiger partial charge on any atom is 0.338 e. The highest BCUT2D eigenvalue weighted by molar-refractivity contribution is 7.07. The topological polar surface area (TPSA) is 79.1 Å². The summed E-state index contributed by atoms with van der Waals surface area (Å²) < 4.78 is 18.6. The van der Waals surface area contributed by atoms with E-state index in [1.165, 1.54) is 11.3 Å². The van der Waals surface area contributed by atoms with Crippen molar-refractivity contribution in [2.45, 2.75) is 26.5 Å². The molecule has 5 rings (SSSR count). The van der Waals surface area contributed by atoms with Gasteiger partial charge in [0.2, 0.25) is 0 Å². The van der Waals surface area contributed by atoms with Crippen molar-refractivity contribution in [1.82, 2.24) is 4.57 Å². The van der Waals surface area contributed by atoms with Crippen molar-refractivity contribution in [1.29, 1.82) is 0 Å². The summed E-state index contributed by atoms with van der Waals surface area (Å²) in [4.78, 5) is 31.9. The number of ether oxygens (including phenoxy) is 3. The monoisotopic (exact) mass is 574 g/mol. The van der Waals surface area contributed by atoms with Crippen LogP contribution in [0.5, 0.6) is 11.5 Å². The van der Waals surface area contributed by atoms with Crippen LogP contribution in [-0.2, 0) is 16.1 Å². The molecule has 4 aromatic rings. The van der Waals surface area contributed by atoms with Crippen LogP contribution in [0.4, 0.5) is 0 Å². The number of allylic oxidation sites excluding steroid dienone is 1. The molecule has 40 heavy (non-hydrogen) atoms. The standard InChI is InChI=1S/C31H27ClN2O5S/c1-4-38-30(36)27-19(2)33-31-34(28(27)22-9-15-24(37-3)16-10-22)29(35)26(40-31)17-20-7-13-25(14-8-20)39-18-21-5-11-23(32)12-6-21/h5-17,28H,4,18H2,1-3H3/b26-17-. The molecule has 1 aliphatic heterocycles. The SMILES string of the molecule is CCOC(=O)C1=C(C)N=c2s/c(=C\c3ccc(OCc4ccc(Cl)cc4)cc3)c(=O)n2C1c1ccc(OC)cc1. The van der Waals surface area contributed by atoms with Crippen LogP contribution in [-0.4, -0.2) is 24.3 Å². The molecule has 0 spiro atoms. The molecule has 0 saturated heterocycles. The second-order valence-electron chi connectivity index (χ2n) is 9.06. The number of hydrogen-bond acceptors (Lipinski definition) is 7. The van der Waals surface area contributed by atoms with Crippen molar-refractivity contribution < 1.29 is 19.0 Å². The Balaban J connectivity index is 1.49. The maximum absolute atomic E-state index is 13.8. The molecule has 1 aliphatic rings. The summed E-state index contributed by atoms with van der Waals surface area (Å²) in [5, 5.41) is 0.681. The smallest absolute Gasteiger partial charge is 0.338 e. The second-order valence-corrected chi connectivity index (χ2v) is 10.5. The van der Waals surface area contributed by atoms with Crippen LogP contribution in [0.25, 0.3) is 6.08 Å². The van der Waals surface area contributed by atoms with Gasteiger partial charge in [-0.25, -0.2) is 9.79 Å². The minimum atomic E-state index is -0.674. The highest BCUT2D eigenvalue weighted by Gasteiger charge is 2.33. The molecule has 2 heterocycles. The molecule has 0 N–H and O–H groups in total. The Hall–Kier alpha value is -4.14. The fourth-order valence-electron chi connectivity index (χ4n) is 4.45. The Morgan fingerprint density at radius 3 is 2.35 bits per heavy atom. The van der Waals surface area contributed by atoms with Crippen LogP contribution in [0.2, 0.25) is 5.02 Å². The lowest BCUT2D eigenvalue weighted by Gasteiger charge is -2.24. The van der Waals surface area contributed by atoms with Gasteiger partial charge in [0.05, 0.1) is 35.6 Å². The van der Waals surface area contributed by atoms with Gasteiger partial charge >= 0.3 is 5.97 Å². The van der Waals surface area contributed by atoms with Crippen molar-refractivity contribution in [3.05, 3.63) is 125 Å². The Morgan fingerprint density at radius 2 is 1.70 bits per heavy atom. The van der Waals surface area contributed by atoms with Gasteiger partial charge in [-0.15, -0.1) is 0 Å². The number of fused-ring (bicyclic) bond motifs is 1. The molecule has 7 nitrogen and oxygen atoms in total. The maximum atomic E-state index is 13.8. The number of carbonyl (C=O) groups excluding carboxylic acids is 1. The van der Waals surface area contributed by atoms with Crippen LogP contribution in [0.15, 0.2) is 93.9 Å². The highest BCUT2D eigenvalue weighted by Crippen LogP contribution is 2.31. The second kappa shape index (κ2) is 11.9. The van der Waals surface area contributed by atoms with Gasteiger partial charge in [-0.1, -0.05) is 59.3 Å². The normalized spacial score (nSPS) is 14.9. The lowest BCUT2D eigenvalue weighted by molar-refractivity contribution is -0.139. The summed E-state index contributed by atoms with van der Waals surface area (Å²) in [7, 11) is 1.59. The van der Waals surface area contributed by atoms with E-state index in [2.05, 4.69) is 4.99 Å². The Labute approximate surface area is 240 Å². The third-order valence-electron chi connectivity index (χ3n) is 6.45. The zero-order chi connectivity index (χ0) is 28.2. The van der Waals surface area contributed by atoms with E-state index in [1.54, 1.807) is 37.7 Å². The summed E-state index contributed by atoms with van der Waals surface area (Å²) in [6, 6.07) is 21.6. The van der Waals surface area contributed by atoms with Gasteiger partial charge in [0.1, 0.15) is 18.1 Å². The van der Waals surface area contributed by atoms with Gasteiger partial charge in [0.15, 0.2) is 4.80 Å². The number of nitrogens with zero attached hydrogens (tertiary/aromatic N) is 2. The summed E-state index contributed by atoms with van der Waals surface area (Å²) >= 11 is 7.23. The molecule has 0 saturated carbocycles. The minimum Gasteiger partial charge on any atom is -0.497 e. The van der Waals surface area contributed by atoms with Crippen LogP contribution >= 0.6 is 22.9 Å². The number of aromatic nitrogens is 1. The highest BCUT2D eigenvalue weighted by atomic mass is 35.5. The summed E-state index contributed by atoms with van der Waals surface area (Å²) in [6.45, 7) is 4.15. The number of methoxy groups -OCH3 is 1. The average molecular weight is 575 g/mol. The molecule has 3 aromatic carbocycles. The van der Waals surface area contributed by atoms with E-state index in [0.29, 0.717) is 43.7 Å². The van der Waals surface area contributed by atoms with E-state index in [1.807, 2.05) is 66.7 Å². The summed E-state index contributed by atoms with van der Waals surface area (Å²) in [5.74, 6) is 0.894. The zero-order valence-corrected chi connectivity index (χ0v) is 23.8. The van der Waals surface area contributed by atoms with Crippen molar-refractivity contribution >= 4 is 35.0 Å². The predicted octanol–water partition coefficient (Wildman–Crippen LogP) is 5.04. The lowest BCUT2D eigenvalue weighted by Crippen LogP contribution is -2.39. The number of esters is 1. The summed E-state index contributed by atoms with van der Waals surface area (Å²) in [5.41, 5.74) is 3.24. The van der Waals surface area contributed by atoms with E-state index < -0.39 is 12.0 Å². The zero-order valence-electron chi connectivity index (χ0n) is 22.2. The molecule has 0 aliphatic carbocycles. The van der Waals surface area contributed by atoms with Crippen molar-refractivity contribution in [2.24, 2.45) is 4.99 Å². The summed E-state index contributed by atoms with van der Waals surface area (Å²) in [6.07, 6.45) is 1.82. The van der Waals surface area contributed by atoms with E-state index in [-0.39, 0.29) is 12.2 Å². The first kappa shape index (κ1) is 27.4. The van der Waals surface area contributed by atoms with Crippen LogP contribution in [0.3, 0.4) is 0 Å². The molecule has 0 amide bonds. The number of hydrogen-bond donors (Lipinski definition) is 0. The first-order chi connectivity index (χ1) is 19.4. The first-order valence-corrected chi connectivity index (χ1v) is 13.9. The average Bonchev–Trinajstić information content (AvgIpc) is 3.26. The number of rotatable bonds is 8. The Kier molecular flexibility index (Phi) is 8.19. The molecule has 1 aromatic heterocycles. The van der Waals surface area contributed by atoms with Crippen molar-refractivity contribution in [2.75, 3.05) is 13.7 Å². The van der Waals surface area contributed by atoms with Gasteiger partial charge in [0.25, 0.3) is 5.56 Å². The largest absolute Gasteiger partial charge is 0.497 e. The molecule has 0 bridgehead atoms. The molecule has 1 unspecified atom stereocenters. The third kappa shape index (κ3) is 5.73. The Morgan fingerprint density at radius 1 is 1.02 bits per heavy atom. The van der Waals surface area contributed by atoms with Crippen LogP contribution in [0.1, 0.15) is 36.6 Å². The van der Waals surface area contributed by atoms with Gasteiger partial charge in [-0.05, 0) is 73.0 Å². The van der Waals surface area contributed by atoms with Gasteiger partial charge in [-0.3, -0.25) is 9.36 Å². The molecule has 0 radical (unpaired) electrons. The molecule has 204 valence electrons. The molecule has 0 fully saturated rings. The quantitative estimate of drug-likeness (QED) is 0.276. The van der Waals surface area contributed by atoms with Gasteiger partial charge in [0, 0.05) is 5.02 Å². The third-order valence-corrected chi connectivity index (χ3v) is 7.68. The van der Waals surface area contributed by atoms with Gasteiger partial charge < -0.3 is 14.2 Å².